The van der Waals surface area contributed by atoms with E-state index in [0.717, 1.165) is 43.9 Å². The molecular weight excluding hydrogens is 402 g/mol. The van der Waals surface area contributed by atoms with Crippen molar-refractivity contribution >= 4 is 23.3 Å². The van der Waals surface area contributed by atoms with Gasteiger partial charge in [0.25, 0.3) is 5.91 Å². The van der Waals surface area contributed by atoms with Gasteiger partial charge in [-0.25, -0.2) is 4.79 Å². The van der Waals surface area contributed by atoms with E-state index in [4.69, 9.17) is 15.2 Å². The van der Waals surface area contributed by atoms with Gasteiger partial charge in [0.1, 0.15) is 11.2 Å². The third kappa shape index (κ3) is 3.74. The van der Waals surface area contributed by atoms with Crippen molar-refractivity contribution in [1.29, 1.82) is 0 Å². The Bertz CT molecular complexity index is 798. The van der Waals surface area contributed by atoms with Crippen molar-refractivity contribution in [3.63, 3.8) is 0 Å². The second-order valence-corrected chi connectivity index (χ2v) is 10.9. The fourth-order valence-electron chi connectivity index (χ4n) is 5.44. The first-order valence-electron chi connectivity index (χ1n) is 10.8. The Labute approximate surface area is 182 Å². The van der Waals surface area contributed by atoms with Gasteiger partial charge in [-0.3, -0.25) is 9.69 Å². The highest BCUT2D eigenvalue weighted by Crippen LogP contribution is 2.53. The van der Waals surface area contributed by atoms with Gasteiger partial charge in [0.15, 0.2) is 0 Å². The van der Waals surface area contributed by atoms with Gasteiger partial charge >= 0.3 is 6.09 Å². The number of nitrogens with two attached hydrogens (primary N) is 1. The van der Waals surface area contributed by atoms with Gasteiger partial charge in [0.05, 0.1) is 4.88 Å². The Morgan fingerprint density at radius 1 is 1.13 bits per heavy atom. The number of carbonyl (C=O) groups is 2. The monoisotopic (exact) mass is 435 g/mol. The molecule has 4 rings (SSSR count). The summed E-state index contributed by atoms with van der Waals surface area (Å²) in [4.78, 5) is 30.0. The topological polar surface area (TPSA) is 85.1 Å². The van der Waals surface area contributed by atoms with Crippen LogP contribution < -0.4 is 5.73 Å². The predicted molar refractivity (Wildman–Crippen MR) is 116 cm³/mol. The molecule has 3 fully saturated rings. The number of nitrogens with zero attached hydrogens (tertiary/aromatic N) is 2. The lowest BCUT2D eigenvalue weighted by Gasteiger charge is -2.58. The van der Waals surface area contributed by atoms with Gasteiger partial charge in [-0.05, 0) is 45.7 Å². The molecule has 166 valence electrons. The molecule has 3 atom stereocenters. The Balaban J connectivity index is 1.46. The van der Waals surface area contributed by atoms with E-state index in [1.807, 2.05) is 32.9 Å². The van der Waals surface area contributed by atoms with E-state index < -0.39 is 5.60 Å². The fourth-order valence-corrected chi connectivity index (χ4v) is 6.63. The summed E-state index contributed by atoms with van der Waals surface area (Å²) in [5, 5.41) is 0. The van der Waals surface area contributed by atoms with Gasteiger partial charge in [0.2, 0.25) is 0 Å². The van der Waals surface area contributed by atoms with Gasteiger partial charge in [0, 0.05) is 56.0 Å². The molecule has 3 heterocycles. The van der Waals surface area contributed by atoms with Crippen molar-refractivity contribution in [3.05, 3.63) is 21.9 Å². The number of thiophene rings is 1. The molecule has 0 radical (unpaired) electrons. The van der Waals surface area contributed by atoms with E-state index >= 15 is 0 Å². The molecule has 8 heteroatoms. The van der Waals surface area contributed by atoms with Crippen LogP contribution in [0.4, 0.5) is 4.79 Å². The summed E-state index contributed by atoms with van der Waals surface area (Å²) < 4.78 is 11.8. The zero-order valence-corrected chi connectivity index (χ0v) is 19.2. The lowest BCUT2D eigenvalue weighted by atomic mass is 9.64. The highest BCUT2D eigenvalue weighted by atomic mass is 32.1. The van der Waals surface area contributed by atoms with E-state index in [0.29, 0.717) is 22.8 Å². The van der Waals surface area contributed by atoms with Crippen LogP contribution in [0.1, 0.15) is 54.6 Å². The molecule has 0 spiro atoms. The summed E-state index contributed by atoms with van der Waals surface area (Å²) in [6, 6.07) is 4.23. The SMILES string of the molecule is CO[C@@]1(c2ccc(C(N)=O)s2)[C@@H]2CCC[C@H]1CN(C1CN(C(=O)OC(C)(C)C)C1)C2. The predicted octanol–water partition coefficient (Wildman–Crippen LogP) is 3.04. The number of rotatable bonds is 4. The van der Waals surface area contributed by atoms with Crippen molar-refractivity contribution in [2.75, 3.05) is 33.3 Å². The molecule has 2 bridgehead atoms. The standard InChI is InChI=1S/C22H33N3O4S/c1-21(2,3)29-20(27)25-12-16(13-25)24-10-14-6-5-7-15(11-24)22(14,28-4)18-9-8-17(30-18)19(23)26/h8-9,14-16H,5-7,10-13H2,1-4H3,(H2,23,26)/t14-,15+,22+. The average Bonchev–Trinajstić information content (AvgIpc) is 3.08. The molecule has 1 aromatic rings. The number of methoxy groups -OCH3 is 1. The minimum atomic E-state index is -0.465. The second-order valence-electron chi connectivity index (χ2n) is 9.84. The van der Waals surface area contributed by atoms with Crippen LogP contribution in [-0.4, -0.2) is 66.7 Å². The number of primary amides is 1. The first kappa shape index (κ1) is 21.6. The first-order chi connectivity index (χ1) is 14.1. The summed E-state index contributed by atoms with van der Waals surface area (Å²) in [6.07, 6.45) is 3.19. The largest absolute Gasteiger partial charge is 0.444 e. The maximum absolute atomic E-state index is 12.3. The second kappa shape index (κ2) is 7.80. The third-order valence-electron chi connectivity index (χ3n) is 6.83. The van der Waals surface area contributed by atoms with Crippen molar-refractivity contribution in [2.24, 2.45) is 17.6 Å². The molecule has 2 aliphatic heterocycles. The number of hydrogen-bond donors (Lipinski definition) is 1. The zero-order chi connectivity index (χ0) is 21.7. The maximum Gasteiger partial charge on any atom is 0.410 e. The minimum absolute atomic E-state index is 0.222. The Morgan fingerprint density at radius 3 is 2.27 bits per heavy atom. The fraction of sp³-hybridized carbons (Fsp3) is 0.727. The lowest BCUT2D eigenvalue weighted by molar-refractivity contribution is -0.178. The van der Waals surface area contributed by atoms with E-state index in [1.165, 1.54) is 17.8 Å². The smallest absolute Gasteiger partial charge is 0.410 e. The molecule has 30 heavy (non-hydrogen) atoms. The molecule has 1 aliphatic carbocycles. The molecule has 1 aromatic heterocycles. The number of likely N-dealkylation sites (tertiary alicyclic amines) is 2. The van der Waals surface area contributed by atoms with Gasteiger partial charge in [-0.1, -0.05) is 6.42 Å². The molecular formula is C22H33N3O4S. The van der Waals surface area contributed by atoms with Crippen molar-refractivity contribution < 1.29 is 19.1 Å². The number of fused-ring (bicyclic) bond motifs is 2. The Kier molecular flexibility index (Phi) is 5.61. The van der Waals surface area contributed by atoms with Crippen molar-refractivity contribution in [1.82, 2.24) is 9.80 Å². The van der Waals surface area contributed by atoms with Crippen molar-refractivity contribution in [3.8, 4) is 0 Å². The van der Waals surface area contributed by atoms with Crippen LogP contribution >= 0.6 is 11.3 Å². The number of carbonyl (C=O) groups excluding carboxylic acids is 2. The van der Waals surface area contributed by atoms with Crippen molar-refractivity contribution in [2.45, 2.75) is 57.3 Å². The highest BCUT2D eigenvalue weighted by Gasteiger charge is 2.55. The number of hydrogen-bond acceptors (Lipinski definition) is 6. The van der Waals surface area contributed by atoms with Crippen LogP contribution in [0.3, 0.4) is 0 Å². The lowest BCUT2D eigenvalue weighted by Crippen LogP contribution is -2.67. The maximum atomic E-state index is 12.3. The summed E-state index contributed by atoms with van der Waals surface area (Å²) in [5.74, 6) is 0.353. The number of ether oxygens (including phenoxy) is 2. The average molecular weight is 436 g/mol. The van der Waals surface area contributed by atoms with Gasteiger partial charge < -0.3 is 20.1 Å². The molecule has 2 N–H and O–H groups in total. The van der Waals surface area contributed by atoms with Crippen LogP contribution in [0.25, 0.3) is 0 Å². The van der Waals surface area contributed by atoms with Crippen LogP contribution in [0.5, 0.6) is 0 Å². The van der Waals surface area contributed by atoms with E-state index in [2.05, 4.69) is 4.90 Å². The number of piperidine rings is 1. The molecule has 7 nitrogen and oxygen atoms in total. The normalized spacial score (nSPS) is 30.1. The summed E-state index contributed by atoms with van der Waals surface area (Å²) >= 11 is 1.48. The zero-order valence-electron chi connectivity index (χ0n) is 18.3. The van der Waals surface area contributed by atoms with Gasteiger partial charge in [-0.15, -0.1) is 11.3 Å². The van der Waals surface area contributed by atoms with E-state index in [9.17, 15) is 9.59 Å². The van der Waals surface area contributed by atoms with Crippen LogP contribution in [0.15, 0.2) is 12.1 Å². The molecule has 0 aromatic carbocycles. The van der Waals surface area contributed by atoms with Crippen LogP contribution in [0, 0.1) is 11.8 Å². The first-order valence-corrected chi connectivity index (χ1v) is 11.6. The molecule has 2 saturated heterocycles. The Hall–Kier alpha value is -1.64. The molecule has 3 aliphatic rings. The van der Waals surface area contributed by atoms with Gasteiger partial charge in [-0.2, -0.15) is 0 Å². The number of amides is 2. The molecule has 1 saturated carbocycles. The minimum Gasteiger partial charge on any atom is -0.444 e. The summed E-state index contributed by atoms with van der Waals surface area (Å²) in [7, 11) is 1.80. The summed E-state index contributed by atoms with van der Waals surface area (Å²) in [5.41, 5.74) is 4.69. The third-order valence-corrected chi connectivity index (χ3v) is 8.06. The van der Waals surface area contributed by atoms with E-state index in [-0.39, 0.29) is 17.6 Å². The van der Waals surface area contributed by atoms with Crippen LogP contribution in [-0.2, 0) is 15.1 Å². The Morgan fingerprint density at radius 2 is 1.77 bits per heavy atom. The van der Waals surface area contributed by atoms with E-state index in [1.54, 1.807) is 12.0 Å². The molecule has 0 unspecified atom stereocenters. The summed E-state index contributed by atoms with van der Waals surface area (Å²) in [6.45, 7) is 9.02. The quantitative estimate of drug-likeness (QED) is 0.786. The highest BCUT2D eigenvalue weighted by molar-refractivity contribution is 7.14. The molecule has 2 amide bonds. The van der Waals surface area contributed by atoms with Crippen LogP contribution in [0.2, 0.25) is 0 Å².